The lowest BCUT2D eigenvalue weighted by atomic mass is 9.97. The third kappa shape index (κ3) is 2.33. The van der Waals surface area contributed by atoms with Gasteiger partial charge in [-0.05, 0) is 37.5 Å². The zero-order chi connectivity index (χ0) is 13.3. The molecule has 1 heterocycles. The number of rotatable bonds is 5. The van der Waals surface area contributed by atoms with Gasteiger partial charge in [0.05, 0.1) is 11.5 Å². The quantitative estimate of drug-likeness (QED) is 0.877. The van der Waals surface area contributed by atoms with Gasteiger partial charge in [-0.15, -0.1) is 0 Å². The Bertz CT molecular complexity index is 478. The van der Waals surface area contributed by atoms with Gasteiger partial charge >= 0.3 is 0 Å². The number of hydrogen-bond acceptors (Lipinski definition) is 3. The molecule has 1 saturated heterocycles. The van der Waals surface area contributed by atoms with Crippen LogP contribution < -0.4 is 10.2 Å². The van der Waals surface area contributed by atoms with Crippen molar-refractivity contribution in [3.8, 4) is 6.07 Å². The molecule has 1 N–H and O–H groups in total. The predicted molar refractivity (Wildman–Crippen MR) is 77.2 cm³/mol. The molecule has 1 aliphatic heterocycles. The number of nitrogens with one attached hydrogen (secondary N) is 1. The highest BCUT2D eigenvalue weighted by Crippen LogP contribution is 2.47. The Labute approximate surface area is 115 Å². The first-order valence-corrected chi connectivity index (χ1v) is 7.25. The second-order valence-corrected chi connectivity index (χ2v) is 5.80. The highest BCUT2D eigenvalue weighted by atomic mass is 15.1. The van der Waals surface area contributed by atoms with Crippen molar-refractivity contribution in [3.63, 3.8) is 0 Å². The Kier molecular flexibility index (Phi) is 3.20. The molecule has 3 heteroatoms. The highest BCUT2D eigenvalue weighted by molar-refractivity contribution is 5.51. The standard InChI is InChI=1S/C16H21N3/c1-2-19(11-13-9-18-10-13)15-5-3-14(4-6-15)16(12-17)7-8-16/h3-6,13,18H,2,7-11H2,1H3. The molecule has 1 aromatic rings. The Morgan fingerprint density at radius 2 is 2.00 bits per heavy atom. The second-order valence-electron chi connectivity index (χ2n) is 5.80. The minimum atomic E-state index is -0.159. The molecular formula is C16H21N3. The summed E-state index contributed by atoms with van der Waals surface area (Å²) in [5, 5.41) is 12.6. The van der Waals surface area contributed by atoms with Crippen molar-refractivity contribution in [2.24, 2.45) is 5.92 Å². The SMILES string of the molecule is CCN(CC1CNC1)c1ccc(C2(C#N)CC2)cc1. The summed E-state index contributed by atoms with van der Waals surface area (Å²) in [6, 6.07) is 11.1. The van der Waals surface area contributed by atoms with Gasteiger partial charge in [0.15, 0.2) is 0 Å². The third-order valence-electron chi connectivity index (χ3n) is 4.48. The Balaban J connectivity index is 1.72. The average Bonchev–Trinajstić information content (AvgIpc) is 3.19. The van der Waals surface area contributed by atoms with Gasteiger partial charge in [0, 0.05) is 37.8 Å². The van der Waals surface area contributed by atoms with Crippen LogP contribution in [-0.2, 0) is 5.41 Å². The molecule has 2 fully saturated rings. The summed E-state index contributed by atoms with van der Waals surface area (Å²) in [6.07, 6.45) is 2.04. The van der Waals surface area contributed by atoms with E-state index < -0.39 is 0 Å². The van der Waals surface area contributed by atoms with Crippen LogP contribution in [0.5, 0.6) is 0 Å². The molecule has 1 saturated carbocycles. The smallest absolute Gasteiger partial charge is 0.0823 e. The van der Waals surface area contributed by atoms with Gasteiger partial charge in [-0.2, -0.15) is 5.26 Å². The summed E-state index contributed by atoms with van der Waals surface area (Å²) in [6.45, 7) is 6.67. The molecule has 0 amide bonds. The lowest BCUT2D eigenvalue weighted by molar-refractivity contribution is 0.349. The van der Waals surface area contributed by atoms with Crippen LogP contribution in [0.25, 0.3) is 0 Å². The van der Waals surface area contributed by atoms with Gasteiger partial charge in [-0.3, -0.25) is 0 Å². The first-order valence-electron chi connectivity index (χ1n) is 7.25. The molecule has 100 valence electrons. The number of anilines is 1. The number of benzene rings is 1. The maximum Gasteiger partial charge on any atom is 0.0823 e. The van der Waals surface area contributed by atoms with E-state index in [0.29, 0.717) is 0 Å². The van der Waals surface area contributed by atoms with Crippen molar-refractivity contribution in [2.45, 2.75) is 25.2 Å². The van der Waals surface area contributed by atoms with Crippen LogP contribution >= 0.6 is 0 Å². The molecule has 0 bridgehead atoms. The van der Waals surface area contributed by atoms with Gasteiger partial charge in [0.2, 0.25) is 0 Å². The van der Waals surface area contributed by atoms with E-state index in [1.54, 1.807) is 0 Å². The fourth-order valence-corrected chi connectivity index (χ4v) is 2.79. The number of nitriles is 1. The molecule has 0 spiro atoms. The van der Waals surface area contributed by atoms with E-state index in [0.717, 1.165) is 44.9 Å². The Morgan fingerprint density at radius 3 is 2.42 bits per heavy atom. The van der Waals surface area contributed by atoms with Gasteiger partial charge < -0.3 is 10.2 Å². The largest absolute Gasteiger partial charge is 0.371 e. The monoisotopic (exact) mass is 255 g/mol. The van der Waals surface area contributed by atoms with Crippen molar-refractivity contribution in [3.05, 3.63) is 29.8 Å². The van der Waals surface area contributed by atoms with E-state index in [4.69, 9.17) is 0 Å². The van der Waals surface area contributed by atoms with Crippen LogP contribution in [0.1, 0.15) is 25.3 Å². The summed E-state index contributed by atoms with van der Waals surface area (Å²) in [4.78, 5) is 2.43. The number of nitrogens with zero attached hydrogens (tertiary/aromatic N) is 2. The molecule has 3 rings (SSSR count). The minimum Gasteiger partial charge on any atom is -0.371 e. The van der Waals surface area contributed by atoms with E-state index in [2.05, 4.69) is 47.5 Å². The Hall–Kier alpha value is -1.53. The molecular weight excluding hydrogens is 234 g/mol. The fraction of sp³-hybridized carbons (Fsp3) is 0.562. The normalized spacial score (nSPS) is 20.4. The topological polar surface area (TPSA) is 39.1 Å². The first kappa shape index (κ1) is 12.5. The van der Waals surface area contributed by atoms with Crippen molar-refractivity contribution >= 4 is 5.69 Å². The summed E-state index contributed by atoms with van der Waals surface area (Å²) < 4.78 is 0. The first-order chi connectivity index (χ1) is 9.27. The Morgan fingerprint density at radius 1 is 1.32 bits per heavy atom. The molecule has 19 heavy (non-hydrogen) atoms. The van der Waals surface area contributed by atoms with Crippen molar-refractivity contribution in [1.29, 1.82) is 5.26 Å². The van der Waals surface area contributed by atoms with Crippen LogP contribution in [0.3, 0.4) is 0 Å². The highest BCUT2D eigenvalue weighted by Gasteiger charge is 2.44. The average molecular weight is 255 g/mol. The van der Waals surface area contributed by atoms with Crippen LogP contribution in [0.2, 0.25) is 0 Å². The van der Waals surface area contributed by atoms with E-state index in [1.807, 2.05) is 0 Å². The minimum absolute atomic E-state index is 0.159. The second kappa shape index (κ2) is 4.86. The van der Waals surface area contributed by atoms with Crippen LogP contribution in [0.4, 0.5) is 5.69 Å². The zero-order valence-corrected chi connectivity index (χ0v) is 11.5. The van der Waals surface area contributed by atoms with Gasteiger partial charge in [-0.1, -0.05) is 12.1 Å². The lowest BCUT2D eigenvalue weighted by Crippen LogP contribution is -2.48. The van der Waals surface area contributed by atoms with Crippen LogP contribution in [0.15, 0.2) is 24.3 Å². The van der Waals surface area contributed by atoms with Crippen molar-refractivity contribution in [1.82, 2.24) is 5.32 Å². The zero-order valence-electron chi connectivity index (χ0n) is 11.5. The fourth-order valence-electron chi connectivity index (χ4n) is 2.79. The number of hydrogen-bond donors (Lipinski definition) is 1. The van der Waals surface area contributed by atoms with Gasteiger partial charge in [-0.25, -0.2) is 0 Å². The molecule has 0 aromatic heterocycles. The summed E-state index contributed by atoms with van der Waals surface area (Å²) >= 11 is 0. The molecule has 1 aromatic carbocycles. The summed E-state index contributed by atoms with van der Waals surface area (Å²) in [5.74, 6) is 0.786. The summed E-state index contributed by atoms with van der Waals surface area (Å²) in [7, 11) is 0. The van der Waals surface area contributed by atoms with E-state index in [1.165, 1.54) is 11.3 Å². The predicted octanol–water partition coefficient (Wildman–Crippen LogP) is 2.29. The van der Waals surface area contributed by atoms with Crippen molar-refractivity contribution in [2.75, 3.05) is 31.1 Å². The van der Waals surface area contributed by atoms with E-state index in [9.17, 15) is 5.26 Å². The molecule has 2 aliphatic rings. The third-order valence-corrected chi connectivity index (χ3v) is 4.48. The molecule has 0 radical (unpaired) electrons. The van der Waals surface area contributed by atoms with E-state index in [-0.39, 0.29) is 5.41 Å². The maximum absolute atomic E-state index is 9.23. The molecule has 3 nitrogen and oxygen atoms in total. The maximum atomic E-state index is 9.23. The van der Waals surface area contributed by atoms with Crippen LogP contribution in [0, 0.1) is 17.2 Å². The molecule has 0 atom stereocenters. The van der Waals surface area contributed by atoms with Crippen LogP contribution in [-0.4, -0.2) is 26.2 Å². The molecule has 0 unspecified atom stereocenters. The van der Waals surface area contributed by atoms with E-state index >= 15 is 0 Å². The lowest BCUT2D eigenvalue weighted by Gasteiger charge is -2.34. The van der Waals surface area contributed by atoms with Gasteiger partial charge in [0.25, 0.3) is 0 Å². The molecule has 1 aliphatic carbocycles. The van der Waals surface area contributed by atoms with Gasteiger partial charge in [0.1, 0.15) is 0 Å². The van der Waals surface area contributed by atoms with Crippen molar-refractivity contribution < 1.29 is 0 Å². The summed E-state index contributed by atoms with van der Waals surface area (Å²) in [5.41, 5.74) is 2.32.